The van der Waals surface area contributed by atoms with Gasteiger partial charge in [-0.25, -0.2) is 4.79 Å². The lowest BCUT2D eigenvalue weighted by molar-refractivity contribution is 0.0900. The van der Waals surface area contributed by atoms with E-state index in [1.165, 1.54) is 12.8 Å². The first-order chi connectivity index (χ1) is 8.27. The molecule has 0 radical (unpaired) electrons. The minimum atomic E-state index is -0.348. The van der Waals surface area contributed by atoms with Crippen LogP contribution in [0, 0.1) is 0 Å². The second kappa shape index (κ2) is 6.24. The van der Waals surface area contributed by atoms with Crippen LogP contribution in [0.25, 0.3) is 0 Å². The lowest BCUT2D eigenvalue weighted by atomic mass is 9.93. The van der Waals surface area contributed by atoms with Crippen molar-refractivity contribution < 1.29 is 9.90 Å². The summed E-state index contributed by atoms with van der Waals surface area (Å²) >= 11 is 0. The van der Waals surface area contributed by atoms with Crippen LogP contribution in [0.3, 0.4) is 0 Å². The lowest BCUT2D eigenvalue weighted by Crippen LogP contribution is -2.50. The van der Waals surface area contributed by atoms with Gasteiger partial charge in [-0.05, 0) is 25.7 Å². The van der Waals surface area contributed by atoms with Crippen LogP contribution < -0.4 is 5.32 Å². The van der Waals surface area contributed by atoms with E-state index in [4.69, 9.17) is 0 Å². The molecule has 0 aromatic rings. The number of rotatable bonds is 1. The smallest absolute Gasteiger partial charge is 0.317 e. The van der Waals surface area contributed by atoms with E-state index < -0.39 is 0 Å². The zero-order valence-corrected chi connectivity index (χ0v) is 10.5. The van der Waals surface area contributed by atoms with Crippen molar-refractivity contribution >= 4 is 6.03 Å². The van der Waals surface area contributed by atoms with Gasteiger partial charge >= 0.3 is 6.03 Å². The molecule has 2 amide bonds. The van der Waals surface area contributed by atoms with Gasteiger partial charge in [-0.3, -0.25) is 0 Å². The number of amides is 2. The van der Waals surface area contributed by atoms with Crippen LogP contribution in [-0.4, -0.2) is 41.3 Å². The highest BCUT2D eigenvalue weighted by Crippen LogP contribution is 2.19. The maximum Gasteiger partial charge on any atom is 0.317 e. The van der Waals surface area contributed by atoms with E-state index in [-0.39, 0.29) is 18.2 Å². The van der Waals surface area contributed by atoms with Crippen molar-refractivity contribution in [1.29, 1.82) is 0 Å². The number of carbonyl (C=O) groups excluding carboxylic acids is 1. The van der Waals surface area contributed by atoms with Crippen LogP contribution in [0.2, 0.25) is 0 Å². The summed E-state index contributed by atoms with van der Waals surface area (Å²) in [7, 11) is 0. The molecule has 0 unspecified atom stereocenters. The van der Waals surface area contributed by atoms with Crippen LogP contribution in [0.15, 0.2) is 0 Å². The van der Waals surface area contributed by atoms with Gasteiger partial charge in [0.1, 0.15) is 0 Å². The second-order valence-electron chi connectivity index (χ2n) is 5.31. The third kappa shape index (κ3) is 3.60. The van der Waals surface area contributed by atoms with Crippen molar-refractivity contribution in [2.45, 2.75) is 63.5 Å². The van der Waals surface area contributed by atoms with Gasteiger partial charge < -0.3 is 15.3 Å². The quantitative estimate of drug-likeness (QED) is 0.735. The predicted molar refractivity (Wildman–Crippen MR) is 66.8 cm³/mol. The van der Waals surface area contributed by atoms with Crippen molar-refractivity contribution in [1.82, 2.24) is 10.2 Å². The molecule has 1 saturated heterocycles. The topological polar surface area (TPSA) is 52.6 Å². The molecule has 0 aromatic carbocycles. The zero-order valence-electron chi connectivity index (χ0n) is 10.5. The molecule has 2 fully saturated rings. The molecule has 4 nitrogen and oxygen atoms in total. The first kappa shape index (κ1) is 12.7. The molecule has 17 heavy (non-hydrogen) atoms. The Morgan fingerprint density at radius 3 is 2.29 bits per heavy atom. The number of hydrogen-bond acceptors (Lipinski definition) is 2. The number of nitrogens with zero attached hydrogens (tertiary/aromatic N) is 1. The monoisotopic (exact) mass is 240 g/mol. The molecule has 2 N–H and O–H groups in total. The molecule has 1 aliphatic heterocycles. The number of likely N-dealkylation sites (tertiary alicyclic amines) is 1. The van der Waals surface area contributed by atoms with E-state index in [0.29, 0.717) is 0 Å². The van der Waals surface area contributed by atoms with Gasteiger partial charge in [0.15, 0.2) is 0 Å². The third-order valence-electron chi connectivity index (χ3n) is 3.93. The fourth-order valence-electron chi connectivity index (χ4n) is 2.80. The molecule has 4 heteroatoms. The Kier molecular flexibility index (Phi) is 4.66. The van der Waals surface area contributed by atoms with Crippen molar-refractivity contribution in [2.24, 2.45) is 0 Å². The number of nitrogens with one attached hydrogen (secondary N) is 1. The molecule has 0 spiro atoms. The fourth-order valence-corrected chi connectivity index (χ4v) is 2.80. The maximum absolute atomic E-state index is 12.1. The summed E-state index contributed by atoms with van der Waals surface area (Å²) < 4.78 is 0. The number of carbonyl (C=O) groups is 1. The third-order valence-corrected chi connectivity index (χ3v) is 3.93. The molecular formula is C13H24N2O2. The van der Waals surface area contributed by atoms with E-state index >= 15 is 0 Å². The van der Waals surface area contributed by atoms with Crippen molar-refractivity contribution in [2.75, 3.05) is 13.1 Å². The summed E-state index contributed by atoms with van der Waals surface area (Å²) in [5.74, 6) is 0. The molecule has 2 aliphatic rings. The Labute approximate surface area is 103 Å². The maximum atomic E-state index is 12.1. The summed E-state index contributed by atoms with van der Waals surface area (Å²) in [6.07, 6.45) is 8.28. The number of aliphatic hydroxyl groups excluding tert-OH is 1. The average molecular weight is 240 g/mol. The van der Waals surface area contributed by atoms with Crippen molar-refractivity contribution in [3.8, 4) is 0 Å². The highest BCUT2D eigenvalue weighted by atomic mass is 16.3. The summed E-state index contributed by atoms with van der Waals surface area (Å²) in [5.41, 5.74) is 0. The standard InChI is InChI=1S/C13H24N2O2/c16-12-8-4-3-7-11(12)14-13(17)15-9-5-1-2-6-10-15/h11-12,16H,1-10H2,(H,14,17)/t11-,12-/m0/s1. The van der Waals surface area contributed by atoms with E-state index in [2.05, 4.69) is 5.32 Å². The van der Waals surface area contributed by atoms with E-state index in [1.54, 1.807) is 0 Å². The van der Waals surface area contributed by atoms with Gasteiger partial charge in [-0.2, -0.15) is 0 Å². The Balaban J connectivity index is 1.82. The Morgan fingerprint density at radius 1 is 1.00 bits per heavy atom. The van der Waals surface area contributed by atoms with Gasteiger partial charge in [-0.1, -0.05) is 25.7 Å². The van der Waals surface area contributed by atoms with E-state index in [0.717, 1.165) is 51.6 Å². The second-order valence-corrected chi connectivity index (χ2v) is 5.31. The molecular weight excluding hydrogens is 216 g/mol. The molecule has 2 rings (SSSR count). The first-order valence-corrected chi connectivity index (χ1v) is 7.01. The van der Waals surface area contributed by atoms with Crippen LogP contribution in [0.4, 0.5) is 4.79 Å². The van der Waals surface area contributed by atoms with E-state index in [1.807, 2.05) is 4.90 Å². The van der Waals surface area contributed by atoms with Crippen molar-refractivity contribution in [3.63, 3.8) is 0 Å². The summed E-state index contributed by atoms with van der Waals surface area (Å²) in [5, 5.41) is 12.8. The Bertz CT molecular complexity index is 250. The minimum absolute atomic E-state index is 0.0258. The van der Waals surface area contributed by atoms with Gasteiger partial charge in [0, 0.05) is 13.1 Å². The van der Waals surface area contributed by atoms with Gasteiger partial charge in [0.25, 0.3) is 0 Å². The normalized spacial score (nSPS) is 30.8. The predicted octanol–water partition coefficient (Wildman–Crippen LogP) is 1.88. The largest absolute Gasteiger partial charge is 0.391 e. The summed E-state index contributed by atoms with van der Waals surface area (Å²) in [6.45, 7) is 1.74. The van der Waals surface area contributed by atoms with Crippen LogP contribution in [0.1, 0.15) is 51.4 Å². The van der Waals surface area contributed by atoms with Gasteiger partial charge in [0.2, 0.25) is 0 Å². The van der Waals surface area contributed by atoms with Crippen molar-refractivity contribution in [3.05, 3.63) is 0 Å². The van der Waals surface area contributed by atoms with E-state index in [9.17, 15) is 9.90 Å². The molecule has 0 aromatic heterocycles. The molecule has 0 bridgehead atoms. The Morgan fingerprint density at radius 2 is 1.65 bits per heavy atom. The lowest BCUT2D eigenvalue weighted by Gasteiger charge is -2.31. The molecule has 1 heterocycles. The minimum Gasteiger partial charge on any atom is -0.391 e. The first-order valence-electron chi connectivity index (χ1n) is 7.01. The molecule has 1 saturated carbocycles. The van der Waals surface area contributed by atoms with Crippen LogP contribution in [0.5, 0.6) is 0 Å². The van der Waals surface area contributed by atoms with Crippen LogP contribution in [-0.2, 0) is 0 Å². The highest BCUT2D eigenvalue weighted by molar-refractivity contribution is 5.74. The van der Waals surface area contributed by atoms with Gasteiger partial charge in [0.05, 0.1) is 12.1 Å². The number of urea groups is 1. The highest BCUT2D eigenvalue weighted by Gasteiger charge is 2.26. The summed E-state index contributed by atoms with van der Waals surface area (Å²) in [4.78, 5) is 14.0. The molecule has 98 valence electrons. The molecule has 2 atom stereocenters. The Hall–Kier alpha value is -0.770. The number of aliphatic hydroxyl groups is 1. The average Bonchev–Trinajstić information content (AvgIpc) is 2.61. The van der Waals surface area contributed by atoms with Gasteiger partial charge in [-0.15, -0.1) is 0 Å². The fraction of sp³-hybridized carbons (Fsp3) is 0.923. The molecule has 1 aliphatic carbocycles. The number of hydrogen-bond donors (Lipinski definition) is 2. The zero-order chi connectivity index (χ0) is 12.1. The summed E-state index contributed by atoms with van der Waals surface area (Å²) in [6, 6.07) is -0.00245. The van der Waals surface area contributed by atoms with Crippen LogP contribution >= 0.6 is 0 Å². The SMILES string of the molecule is O=C(N[C@H]1CCCC[C@@H]1O)N1CCCCCC1.